The number of morpholine rings is 1. The molecule has 1 atom stereocenters. The minimum atomic E-state index is -3.65. The number of benzene rings is 2. The Kier molecular flexibility index (Phi) is 6.17. The summed E-state index contributed by atoms with van der Waals surface area (Å²) in [4.78, 5) is 13.0. The summed E-state index contributed by atoms with van der Waals surface area (Å²) in [5.74, 6) is -0.287. The number of aryl methyl sites for hydroxylation is 2. The molecular formula is C21H26N2O4S. The Hall–Kier alpha value is -2.22. The fourth-order valence-electron chi connectivity index (χ4n) is 3.16. The molecule has 0 unspecified atom stereocenters. The molecule has 28 heavy (non-hydrogen) atoms. The SMILES string of the molecule is Cc1ccc([C@H](C)NC(=O)c2cc(S(=O)(=O)N3CCOCC3)ccc2C)cc1. The van der Waals surface area contributed by atoms with E-state index in [2.05, 4.69) is 5.32 Å². The number of carbonyl (C=O) groups excluding carboxylic acids is 1. The third-order valence-corrected chi connectivity index (χ3v) is 6.88. The van der Waals surface area contributed by atoms with Crippen LogP contribution in [-0.4, -0.2) is 44.9 Å². The number of carbonyl (C=O) groups is 1. The van der Waals surface area contributed by atoms with Gasteiger partial charge in [-0.1, -0.05) is 35.9 Å². The molecule has 1 fully saturated rings. The second kappa shape index (κ2) is 8.43. The zero-order chi connectivity index (χ0) is 20.3. The highest BCUT2D eigenvalue weighted by molar-refractivity contribution is 7.89. The van der Waals surface area contributed by atoms with Gasteiger partial charge in [-0.15, -0.1) is 0 Å². The van der Waals surface area contributed by atoms with Gasteiger partial charge in [0.1, 0.15) is 0 Å². The number of sulfonamides is 1. The molecule has 1 saturated heterocycles. The van der Waals surface area contributed by atoms with Crippen LogP contribution in [0.25, 0.3) is 0 Å². The lowest BCUT2D eigenvalue weighted by Gasteiger charge is -2.26. The van der Waals surface area contributed by atoms with Gasteiger partial charge in [0.05, 0.1) is 24.2 Å². The summed E-state index contributed by atoms with van der Waals surface area (Å²) in [6, 6.07) is 12.5. The molecule has 0 aromatic heterocycles. The van der Waals surface area contributed by atoms with Crippen molar-refractivity contribution in [2.75, 3.05) is 26.3 Å². The highest BCUT2D eigenvalue weighted by atomic mass is 32.2. The van der Waals surface area contributed by atoms with Gasteiger partial charge in [-0.2, -0.15) is 4.31 Å². The first-order valence-electron chi connectivity index (χ1n) is 9.35. The second-order valence-electron chi connectivity index (χ2n) is 7.10. The van der Waals surface area contributed by atoms with Crippen molar-refractivity contribution in [1.29, 1.82) is 0 Å². The van der Waals surface area contributed by atoms with Crippen LogP contribution < -0.4 is 5.32 Å². The Bertz CT molecular complexity index is 949. The van der Waals surface area contributed by atoms with E-state index in [1.807, 2.05) is 38.1 Å². The number of nitrogens with one attached hydrogen (secondary N) is 1. The first-order chi connectivity index (χ1) is 13.3. The van der Waals surface area contributed by atoms with Crippen LogP contribution in [0.2, 0.25) is 0 Å². The number of hydrogen-bond donors (Lipinski definition) is 1. The summed E-state index contributed by atoms with van der Waals surface area (Å²) < 4.78 is 32.4. The number of hydrogen-bond acceptors (Lipinski definition) is 4. The van der Waals surface area contributed by atoms with E-state index in [1.165, 1.54) is 10.4 Å². The molecule has 2 aromatic carbocycles. The fraction of sp³-hybridized carbons (Fsp3) is 0.381. The molecule has 2 aromatic rings. The molecular weight excluding hydrogens is 376 g/mol. The minimum absolute atomic E-state index is 0.133. The zero-order valence-corrected chi connectivity index (χ0v) is 17.3. The van der Waals surface area contributed by atoms with E-state index < -0.39 is 10.0 Å². The van der Waals surface area contributed by atoms with Gasteiger partial charge in [-0.05, 0) is 44.0 Å². The van der Waals surface area contributed by atoms with Gasteiger partial charge in [0.2, 0.25) is 10.0 Å². The van der Waals surface area contributed by atoms with Crippen molar-refractivity contribution in [1.82, 2.24) is 9.62 Å². The topological polar surface area (TPSA) is 75.7 Å². The van der Waals surface area contributed by atoms with E-state index in [4.69, 9.17) is 4.74 Å². The maximum absolute atomic E-state index is 12.9. The van der Waals surface area contributed by atoms with E-state index in [0.717, 1.165) is 16.7 Å². The smallest absolute Gasteiger partial charge is 0.252 e. The van der Waals surface area contributed by atoms with E-state index in [-0.39, 0.29) is 16.8 Å². The summed E-state index contributed by atoms with van der Waals surface area (Å²) in [6.07, 6.45) is 0. The Labute approximate surface area is 166 Å². The molecule has 3 rings (SSSR count). The van der Waals surface area contributed by atoms with Crippen molar-refractivity contribution >= 4 is 15.9 Å². The third-order valence-electron chi connectivity index (χ3n) is 4.99. The first kappa shape index (κ1) is 20.5. The fourth-order valence-corrected chi connectivity index (χ4v) is 4.59. The van der Waals surface area contributed by atoms with E-state index in [9.17, 15) is 13.2 Å². The molecule has 1 aliphatic heterocycles. The predicted molar refractivity (Wildman–Crippen MR) is 108 cm³/mol. The average molecular weight is 403 g/mol. The second-order valence-corrected chi connectivity index (χ2v) is 9.04. The van der Waals surface area contributed by atoms with Crippen molar-refractivity contribution in [3.05, 3.63) is 64.7 Å². The first-order valence-corrected chi connectivity index (χ1v) is 10.8. The van der Waals surface area contributed by atoms with Gasteiger partial charge in [0, 0.05) is 18.7 Å². The Morgan fingerprint density at radius 1 is 1.07 bits per heavy atom. The van der Waals surface area contributed by atoms with Gasteiger partial charge in [-0.3, -0.25) is 4.79 Å². The summed E-state index contributed by atoms with van der Waals surface area (Å²) in [5.41, 5.74) is 3.25. The molecule has 0 aliphatic carbocycles. The normalized spacial score (nSPS) is 16.5. The van der Waals surface area contributed by atoms with Crippen molar-refractivity contribution in [2.45, 2.75) is 31.7 Å². The third kappa shape index (κ3) is 4.43. The van der Waals surface area contributed by atoms with Gasteiger partial charge >= 0.3 is 0 Å². The molecule has 0 bridgehead atoms. The van der Waals surface area contributed by atoms with Crippen molar-refractivity contribution in [3.63, 3.8) is 0 Å². The van der Waals surface area contributed by atoms with Gasteiger partial charge in [0.25, 0.3) is 5.91 Å². The molecule has 1 amide bonds. The summed E-state index contributed by atoms with van der Waals surface area (Å²) in [7, 11) is -3.65. The lowest BCUT2D eigenvalue weighted by molar-refractivity contribution is 0.0730. The van der Waals surface area contributed by atoms with Gasteiger partial charge < -0.3 is 10.1 Å². The number of nitrogens with zero attached hydrogens (tertiary/aromatic N) is 1. The van der Waals surface area contributed by atoms with Crippen molar-refractivity contribution < 1.29 is 17.9 Å². The van der Waals surface area contributed by atoms with E-state index in [1.54, 1.807) is 19.1 Å². The van der Waals surface area contributed by atoms with Gasteiger partial charge in [-0.25, -0.2) is 8.42 Å². The summed E-state index contributed by atoms with van der Waals surface area (Å²) in [6.45, 7) is 7.13. The minimum Gasteiger partial charge on any atom is -0.379 e. The van der Waals surface area contributed by atoms with Gasteiger partial charge in [0.15, 0.2) is 0 Å². The zero-order valence-electron chi connectivity index (χ0n) is 16.4. The molecule has 7 heteroatoms. The largest absolute Gasteiger partial charge is 0.379 e. The van der Waals surface area contributed by atoms with Crippen LogP contribution in [0.1, 0.15) is 40.0 Å². The maximum atomic E-state index is 12.9. The molecule has 0 saturated carbocycles. The molecule has 0 spiro atoms. The molecule has 150 valence electrons. The summed E-state index contributed by atoms with van der Waals surface area (Å²) in [5, 5.41) is 2.96. The Balaban J connectivity index is 1.82. The van der Waals surface area contributed by atoms with Crippen LogP contribution in [-0.2, 0) is 14.8 Å². The van der Waals surface area contributed by atoms with E-state index >= 15 is 0 Å². The molecule has 1 N–H and O–H groups in total. The average Bonchev–Trinajstić information content (AvgIpc) is 2.69. The number of ether oxygens (including phenoxy) is 1. The van der Waals surface area contributed by atoms with Crippen LogP contribution in [0.5, 0.6) is 0 Å². The lowest BCUT2D eigenvalue weighted by Crippen LogP contribution is -2.40. The maximum Gasteiger partial charge on any atom is 0.252 e. The molecule has 1 aliphatic rings. The molecule has 6 nitrogen and oxygen atoms in total. The van der Waals surface area contributed by atoms with Crippen LogP contribution in [0, 0.1) is 13.8 Å². The number of amides is 1. The highest BCUT2D eigenvalue weighted by Crippen LogP contribution is 2.22. The van der Waals surface area contributed by atoms with Crippen molar-refractivity contribution in [2.24, 2.45) is 0 Å². The van der Waals surface area contributed by atoms with Crippen LogP contribution in [0.15, 0.2) is 47.4 Å². The molecule has 0 radical (unpaired) electrons. The lowest BCUT2D eigenvalue weighted by atomic mass is 10.0. The van der Waals surface area contributed by atoms with E-state index in [0.29, 0.717) is 31.9 Å². The quantitative estimate of drug-likeness (QED) is 0.834. The number of rotatable bonds is 5. The monoisotopic (exact) mass is 402 g/mol. The summed E-state index contributed by atoms with van der Waals surface area (Å²) >= 11 is 0. The predicted octanol–water partition coefficient (Wildman–Crippen LogP) is 2.82. The van der Waals surface area contributed by atoms with Crippen LogP contribution >= 0.6 is 0 Å². The van der Waals surface area contributed by atoms with Crippen LogP contribution in [0.3, 0.4) is 0 Å². The highest BCUT2D eigenvalue weighted by Gasteiger charge is 2.27. The standard InChI is InChI=1S/C21H26N2O4S/c1-15-4-7-18(8-5-15)17(3)22-21(24)20-14-19(9-6-16(20)2)28(25,26)23-10-12-27-13-11-23/h4-9,14,17H,10-13H2,1-3H3,(H,22,24)/t17-/m0/s1. The van der Waals surface area contributed by atoms with Crippen LogP contribution in [0.4, 0.5) is 0 Å². The Morgan fingerprint density at radius 3 is 2.36 bits per heavy atom. The Morgan fingerprint density at radius 2 is 1.71 bits per heavy atom. The molecule has 1 heterocycles. The van der Waals surface area contributed by atoms with Crippen molar-refractivity contribution in [3.8, 4) is 0 Å².